The molecular formula is C20H19NO3. The zero-order valence-corrected chi connectivity index (χ0v) is 13.7. The van der Waals surface area contributed by atoms with Crippen LogP contribution in [0.1, 0.15) is 5.56 Å². The maximum Gasteiger partial charge on any atom is 0.262 e. The summed E-state index contributed by atoms with van der Waals surface area (Å²) in [5.41, 5.74) is 1.82. The molecule has 4 heteroatoms. The first-order chi connectivity index (χ1) is 11.7. The molecular weight excluding hydrogens is 302 g/mol. The second-order valence-corrected chi connectivity index (χ2v) is 5.55. The molecule has 0 aliphatic rings. The first-order valence-corrected chi connectivity index (χ1v) is 7.72. The number of anilines is 1. The van der Waals surface area contributed by atoms with Gasteiger partial charge in [-0.1, -0.05) is 36.4 Å². The van der Waals surface area contributed by atoms with Crippen LogP contribution in [0.3, 0.4) is 0 Å². The summed E-state index contributed by atoms with van der Waals surface area (Å²) >= 11 is 0. The Hall–Kier alpha value is -3.01. The first-order valence-electron chi connectivity index (χ1n) is 7.72. The molecule has 0 spiro atoms. The van der Waals surface area contributed by atoms with Gasteiger partial charge in [-0.3, -0.25) is 4.79 Å². The third kappa shape index (κ3) is 3.66. The largest absolute Gasteiger partial charge is 0.493 e. The van der Waals surface area contributed by atoms with E-state index >= 15 is 0 Å². The van der Waals surface area contributed by atoms with Crippen molar-refractivity contribution in [2.45, 2.75) is 6.92 Å². The van der Waals surface area contributed by atoms with Crippen molar-refractivity contribution >= 4 is 22.4 Å². The lowest BCUT2D eigenvalue weighted by Crippen LogP contribution is -2.20. The van der Waals surface area contributed by atoms with E-state index in [1.807, 2.05) is 61.5 Å². The third-order valence-corrected chi connectivity index (χ3v) is 3.71. The molecule has 0 aromatic heterocycles. The normalized spacial score (nSPS) is 10.4. The Morgan fingerprint density at radius 2 is 1.75 bits per heavy atom. The molecule has 0 unspecified atom stereocenters. The molecule has 0 fully saturated rings. The number of benzene rings is 3. The maximum absolute atomic E-state index is 12.1. The number of amides is 1. The van der Waals surface area contributed by atoms with Crippen LogP contribution in [0, 0.1) is 6.92 Å². The van der Waals surface area contributed by atoms with E-state index in [4.69, 9.17) is 9.47 Å². The van der Waals surface area contributed by atoms with Crippen LogP contribution in [0.4, 0.5) is 5.69 Å². The molecule has 0 radical (unpaired) electrons. The van der Waals surface area contributed by atoms with Gasteiger partial charge in [0.1, 0.15) is 0 Å². The van der Waals surface area contributed by atoms with Gasteiger partial charge in [0.15, 0.2) is 18.1 Å². The summed E-state index contributed by atoms with van der Waals surface area (Å²) in [7, 11) is 1.58. The Morgan fingerprint density at radius 1 is 0.958 bits per heavy atom. The van der Waals surface area contributed by atoms with E-state index in [0.717, 1.165) is 22.0 Å². The zero-order chi connectivity index (χ0) is 16.9. The molecule has 0 saturated heterocycles. The number of aryl methyl sites for hydroxylation is 1. The highest BCUT2D eigenvalue weighted by molar-refractivity contribution is 5.95. The van der Waals surface area contributed by atoms with E-state index in [2.05, 4.69) is 5.32 Å². The fraction of sp³-hybridized carbons (Fsp3) is 0.150. The summed E-state index contributed by atoms with van der Waals surface area (Å²) in [6, 6.07) is 19.4. The standard InChI is InChI=1S/C20H19NO3/c1-14-7-10-18(19(11-14)23-2)24-13-20(22)21-17-9-8-15-5-3-4-6-16(15)12-17/h3-12H,13H2,1-2H3,(H,21,22). The van der Waals surface area contributed by atoms with Gasteiger partial charge in [-0.05, 0) is 47.5 Å². The minimum Gasteiger partial charge on any atom is -0.493 e. The molecule has 0 atom stereocenters. The van der Waals surface area contributed by atoms with Gasteiger partial charge in [-0.15, -0.1) is 0 Å². The second-order valence-electron chi connectivity index (χ2n) is 5.55. The molecule has 24 heavy (non-hydrogen) atoms. The maximum atomic E-state index is 12.1. The van der Waals surface area contributed by atoms with E-state index in [1.165, 1.54) is 0 Å². The number of fused-ring (bicyclic) bond motifs is 1. The first kappa shape index (κ1) is 15.9. The number of carbonyl (C=O) groups is 1. The van der Waals surface area contributed by atoms with E-state index in [0.29, 0.717) is 11.5 Å². The molecule has 4 nitrogen and oxygen atoms in total. The molecule has 3 aromatic carbocycles. The quantitative estimate of drug-likeness (QED) is 0.767. The summed E-state index contributed by atoms with van der Waals surface area (Å²) in [6.07, 6.45) is 0. The van der Waals surface area contributed by atoms with Gasteiger partial charge in [-0.25, -0.2) is 0 Å². The lowest BCUT2D eigenvalue weighted by molar-refractivity contribution is -0.118. The molecule has 0 bridgehead atoms. The van der Waals surface area contributed by atoms with Crippen molar-refractivity contribution < 1.29 is 14.3 Å². The Kier molecular flexibility index (Phi) is 4.66. The summed E-state index contributed by atoms with van der Waals surface area (Å²) in [6.45, 7) is 1.89. The number of nitrogens with one attached hydrogen (secondary N) is 1. The second kappa shape index (κ2) is 7.04. The molecule has 0 aliphatic carbocycles. The molecule has 122 valence electrons. The van der Waals surface area contributed by atoms with Crippen LogP contribution in [-0.2, 0) is 4.79 Å². The predicted octanol–water partition coefficient (Wildman–Crippen LogP) is 4.17. The minimum absolute atomic E-state index is 0.0771. The van der Waals surface area contributed by atoms with Crippen LogP contribution >= 0.6 is 0 Å². The highest BCUT2D eigenvalue weighted by Crippen LogP contribution is 2.27. The molecule has 1 N–H and O–H groups in total. The molecule has 3 rings (SSSR count). The van der Waals surface area contributed by atoms with Gasteiger partial charge >= 0.3 is 0 Å². The van der Waals surface area contributed by atoms with E-state index in [1.54, 1.807) is 13.2 Å². The Labute approximate surface area is 141 Å². The SMILES string of the molecule is COc1cc(C)ccc1OCC(=O)Nc1ccc2ccccc2c1. The van der Waals surface area contributed by atoms with Crippen LogP contribution in [0.2, 0.25) is 0 Å². The number of rotatable bonds is 5. The van der Waals surface area contributed by atoms with Crippen LogP contribution in [-0.4, -0.2) is 19.6 Å². The molecule has 0 heterocycles. The minimum atomic E-state index is -0.215. The van der Waals surface area contributed by atoms with Crippen molar-refractivity contribution in [2.75, 3.05) is 19.0 Å². The highest BCUT2D eigenvalue weighted by Gasteiger charge is 2.08. The van der Waals surface area contributed by atoms with Crippen molar-refractivity contribution in [3.05, 3.63) is 66.2 Å². The van der Waals surface area contributed by atoms with Gasteiger partial charge in [0, 0.05) is 5.69 Å². The molecule has 0 saturated carbocycles. The average Bonchev–Trinajstić information content (AvgIpc) is 2.60. The van der Waals surface area contributed by atoms with Crippen molar-refractivity contribution in [1.82, 2.24) is 0 Å². The van der Waals surface area contributed by atoms with Crippen LogP contribution in [0.15, 0.2) is 60.7 Å². The number of carbonyl (C=O) groups excluding carboxylic acids is 1. The summed E-state index contributed by atoms with van der Waals surface area (Å²) in [5, 5.41) is 5.06. The van der Waals surface area contributed by atoms with Gasteiger partial charge in [-0.2, -0.15) is 0 Å². The smallest absolute Gasteiger partial charge is 0.262 e. The average molecular weight is 321 g/mol. The van der Waals surface area contributed by atoms with Crippen LogP contribution < -0.4 is 14.8 Å². The Balaban J connectivity index is 1.65. The number of hydrogen-bond donors (Lipinski definition) is 1. The van der Waals surface area contributed by atoms with Crippen LogP contribution in [0.5, 0.6) is 11.5 Å². The van der Waals surface area contributed by atoms with E-state index in [9.17, 15) is 4.79 Å². The fourth-order valence-electron chi connectivity index (χ4n) is 2.50. The summed E-state index contributed by atoms with van der Waals surface area (Å²) < 4.78 is 10.8. The number of methoxy groups -OCH3 is 1. The van der Waals surface area contributed by atoms with Crippen molar-refractivity contribution in [3.8, 4) is 11.5 Å². The zero-order valence-electron chi connectivity index (χ0n) is 13.7. The van der Waals surface area contributed by atoms with Crippen LogP contribution in [0.25, 0.3) is 10.8 Å². The summed E-state index contributed by atoms with van der Waals surface area (Å²) in [5.74, 6) is 0.957. The van der Waals surface area contributed by atoms with Gasteiger partial charge in [0.05, 0.1) is 7.11 Å². The topological polar surface area (TPSA) is 47.6 Å². The van der Waals surface area contributed by atoms with Crippen molar-refractivity contribution in [2.24, 2.45) is 0 Å². The number of ether oxygens (including phenoxy) is 2. The lowest BCUT2D eigenvalue weighted by atomic mass is 10.1. The fourth-order valence-corrected chi connectivity index (χ4v) is 2.50. The van der Waals surface area contributed by atoms with Gasteiger partial charge in [0.2, 0.25) is 0 Å². The molecule has 1 amide bonds. The lowest BCUT2D eigenvalue weighted by Gasteiger charge is -2.11. The highest BCUT2D eigenvalue weighted by atomic mass is 16.5. The van der Waals surface area contributed by atoms with E-state index < -0.39 is 0 Å². The van der Waals surface area contributed by atoms with Gasteiger partial charge in [0.25, 0.3) is 5.91 Å². The van der Waals surface area contributed by atoms with Crippen molar-refractivity contribution in [3.63, 3.8) is 0 Å². The molecule has 3 aromatic rings. The third-order valence-electron chi connectivity index (χ3n) is 3.71. The number of hydrogen-bond acceptors (Lipinski definition) is 3. The van der Waals surface area contributed by atoms with Gasteiger partial charge < -0.3 is 14.8 Å². The monoisotopic (exact) mass is 321 g/mol. The molecule has 0 aliphatic heterocycles. The van der Waals surface area contributed by atoms with Crippen molar-refractivity contribution in [1.29, 1.82) is 0 Å². The Morgan fingerprint density at radius 3 is 2.54 bits per heavy atom. The Bertz CT molecular complexity index is 874. The predicted molar refractivity (Wildman–Crippen MR) is 95.8 cm³/mol. The summed E-state index contributed by atoms with van der Waals surface area (Å²) in [4.78, 5) is 12.1. The van der Waals surface area contributed by atoms with E-state index in [-0.39, 0.29) is 12.5 Å².